The van der Waals surface area contributed by atoms with Crippen molar-refractivity contribution in [2.75, 3.05) is 0 Å². The van der Waals surface area contributed by atoms with Crippen LogP contribution in [0.4, 0.5) is 0 Å². The molecule has 0 spiro atoms. The third-order valence-corrected chi connectivity index (χ3v) is 11.5. The van der Waals surface area contributed by atoms with E-state index in [2.05, 4.69) is 143 Å². The van der Waals surface area contributed by atoms with Crippen molar-refractivity contribution in [2.45, 2.75) is 9.79 Å². The summed E-state index contributed by atoms with van der Waals surface area (Å²) in [6.07, 6.45) is 0. The third kappa shape index (κ3) is 3.38. The van der Waals surface area contributed by atoms with Crippen LogP contribution in [0.3, 0.4) is 0 Å². The highest BCUT2D eigenvalue weighted by Gasteiger charge is 2.27. The predicted molar refractivity (Wildman–Crippen MR) is 205 cm³/mol. The van der Waals surface area contributed by atoms with E-state index in [0.717, 1.165) is 88.0 Å². The Kier molecular flexibility index (Phi) is 5.11. The summed E-state index contributed by atoms with van der Waals surface area (Å²) in [5.41, 5.74) is 10.1. The van der Waals surface area contributed by atoms with Crippen molar-refractivity contribution in [2.24, 2.45) is 0 Å². The van der Waals surface area contributed by atoms with Crippen molar-refractivity contribution in [1.29, 1.82) is 0 Å². The number of hydrogen-bond acceptors (Lipinski definition) is 4. The Morgan fingerprint density at radius 2 is 1.22 bits per heavy atom. The second-order valence-electron chi connectivity index (χ2n) is 12.9. The van der Waals surface area contributed by atoms with E-state index in [9.17, 15) is 0 Å². The van der Waals surface area contributed by atoms with Crippen LogP contribution in [0.15, 0.2) is 160 Å². The summed E-state index contributed by atoms with van der Waals surface area (Å²) in [5, 5.41) is 7.83. The molecule has 4 aromatic heterocycles. The van der Waals surface area contributed by atoms with Gasteiger partial charge in [0.15, 0.2) is 5.58 Å². The monoisotopic (exact) mass is 656 g/mol. The van der Waals surface area contributed by atoms with Gasteiger partial charge in [-0.1, -0.05) is 103 Å². The highest BCUT2D eigenvalue weighted by atomic mass is 32.2. The highest BCUT2D eigenvalue weighted by Crippen LogP contribution is 2.48. The van der Waals surface area contributed by atoms with Crippen molar-refractivity contribution in [3.05, 3.63) is 146 Å². The van der Waals surface area contributed by atoms with Gasteiger partial charge in [-0.05, 0) is 54.6 Å². The lowest BCUT2D eigenvalue weighted by Crippen LogP contribution is -2.06. The zero-order valence-electron chi connectivity index (χ0n) is 26.5. The van der Waals surface area contributed by atoms with Gasteiger partial charge >= 0.3 is 0 Å². The van der Waals surface area contributed by atoms with Crippen LogP contribution in [0.2, 0.25) is 0 Å². The van der Waals surface area contributed by atoms with E-state index in [4.69, 9.17) is 14.4 Å². The lowest BCUT2D eigenvalue weighted by Gasteiger charge is -2.20. The second kappa shape index (κ2) is 9.62. The first-order valence-electron chi connectivity index (χ1n) is 16.8. The quantitative estimate of drug-likeness (QED) is 0.186. The van der Waals surface area contributed by atoms with Gasteiger partial charge in [-0.2, -0.15) is 0 Å². The molecule has 0 amide bonds. The molecule has 232 valence electrons. The van der Waals surface area contributed by atoms with E-state index >= 15 is 0 Å². The van der Waals surface area contributed by atoms with Crippen LogP contribution in [0, 0.1) is 0 Å². The number of benzene rings is 7. The molecule has 0 saturated heterocycles. The van der Waals surface area contributed by atoms with E-state index in [1.807, 2.05) is 12.1 Å². The summed E-state index contributed by atoms with van der Waals surface area (Å²) in [5.74, 6) is 0.628. The van der Waals surface area contributed by atoms with Crippen molar-refractivity contribution in [3.63, 3.8) is 0 Å². The standard InChI is InChI=1S/C44H24N4OS/c1-2-11-25(12-3-1)47-33-17-7-4-14-30(33)38-34(47)24-23-27-28-21-22-29-26-13-5-8-18-35(26)49-43(29)42(28)48(41(27)38)44-45-32-16-10-20-37-39(32)40(46-44)31-15-6-9-19-36(31)50-37/h1-24H. The van der Waals surface area contributed by atoms with E-state index in [1.165, 1.54) is 15.2 Å². The summed E-state index contributed by atoms with van der Waals surface area (Å²) in [6.45, 7) is 0. The fourth-order valence-electron chi connectivity index (χ4n) is 8.26. The minimum Gasteiger partial charge on any atom is -0.454 e. The number of fused-ring (bicyclic) bond motifs is 13. The lowest BCUT2D eigenvalue weighted by molar-refractivity contribution is 0.671. The SMILES string of the molecule is c1ccc(-n2c3ccccc3c3c2ccc2c4ccc5c6ccccc6oc5c4n(-c4nc5c6c(cccc6n4)Sc4ccccc4-5)c23)cc1. The van der Waals surface area contributed by atoms with Crippen LogP contribution in [-0.2, 0) is 0 Å². The molecule has 0 bridgehead atoms. The maximum atomic E-state index is 6.78. The van der Waals surface area contributed by atoms with Crippen LogP contribution < -0.4 is 0 Å². The molecule has 6 heteroatoms. The van der Waals surface area contributed by atoms with Gasteiger partial charge < -0.3 is 8.98 Å². The molecule has 0 radical (unpaired) electrons. The Balaban J connectivity index is 1.33. The minimum absolute atomic E-state index is 0.628. The molecule has 0 saturated carbocycles. The number of hydrogen-bond donors (Lipinski definition) is 0. The van der Waals surface area contributed by atoms with Crippen molar-refractivity contribution >= 4 is 88.2 Å². The first-order valence-corrected chi connectivity index (χ1v) is 17.6. The normalized spacial score (nSPS) is 12.7. The van der Waals surface area contributed by atoms with E-state index in [1.54, 1.807) is 11.8 Å². The van der Waals surface area contributed by atoms with Gasteiger partial charge in [-0.3, -0.25) is 4.57 Å². The Labute approximate surface area is 289 Å². The number of para-hydroxylation sites is 3. The average Bonchev–Trinajstić information content (AvgIpc) is 3.83. The smallest absolute Gasteiger partial charge is 0.235 e. The third-order valence-electron chi connectivity index (χ3n) is 10.3. The molecule has 1 aliphatic heterocycles. The summed E-state index contributed by atoms with van der Waals surface area (Å²) in [6, 6.07) is 51.5. The molecule has 11 aromatic rings. The fourth-order valence-corrected chi connectivity index (χ4v) is 9.37. The van der Waals surface area contributed by atoms with Crippen molar-refractivity contribution in [1.82, 2.24) is 19.1 Å². The molecule has 0 N–H and O–H groups in total. The van der Waals surface area contributed by atoms with Crippen molar-refractivity contribution < 1.29 is 4.42 Å². The molecule has 12 rings (SSSR count). The molecule has 0 fully saturated rings. The summed E-state index contributed by atoms with van der Waals surface area (Å²) < 4.78 is 11.4. The molecule has 0 atom stereocenters. The zero-order valence-corrected chi connectivity index (χ0v) is 27.3. The van der Waals surface area contributed by atoms with Gasteiger partial charge in [0.05, 0.1) is 27.8 Å². The largest absolute Gasteiger partial charge is 0.454 e. The van der Waals surface area contributed by atoms with Crippen LogP contribution in [0.5, 0.6) is 0 Å². The first kappa shape index (κ1) is 26.6. The van der Waals surface area contributed by atoms with Crippen LogP contribution in [-0.4, -0.2) is 19.1 Å². The maximum Gasteiger partial charge on any atom is 0.235 e. The van der Waals surface area contributed by atoms with Gasteiger partial charge in [0.2, 0.25) is 5.95 Å². The van der Waals surface area contributed by atoms with Gasteiger partial charge in [0.1, 0.15) is 11.1 Å². The average molecular weight is 657 g/mol. The zero-order chi connectivity index (χ0) is 32.5. The van der Waals surface area contributed by atoms with Gasteiger partial charge in [0, 0.05) is 58.7 Å². The number of rotatable bonds is 2. The predicted octanol–water partition coefficient (Wildman–Crippen LogP) is 11.9. The van der Waals surface area contributed by atoms with E-state index in [0.29, 0.717) is 5.95 Å². The summed E-state index contributed by atoms with van der Waals surface area (Å²) in [7, 11) is 0. The van der Waals surface area contributed by atoms with Crippen LogP contribution in [0.1, 0.15) is 0 Å². The molecular formula is C44H24N4OS. The Morgan fingerprint density at radius 3 is 2.16 bits per heavy atom. The number of furan rings is 1. The Bertz CT molecular complexity index is 3240. The molecule has 5 heterocycles. The highest BCUT2D eigenvalue weighted by molar-refractivity contribution is 7.99. The van der Waals surface area contributed by atoms with Gasteiger partial charge in [-0.15, -0.1) is 0 Å². The molecular weight excluding hydrogens is 633 g/mol. The Hall–Kier alpha value is -6.37. The summed E-state index contributed by atoms with van der Waals surface area (Å²) in [4.78, 5) is 13.3. The van der Waals surface area contributed by atoms with E-state index in [-0.39, 0.29) is 0 Å². The molecule has 0 unspecified atom stereocenters. The maximum absolute atomic E-state index is 6.78. The van der Waals surface area contributed by atoms with Crippen LogP contribution in [0.25, 0.3) is 99.3 Å². The number of nitrogens with zero attached hydrogens (tertiary/aromatic N) is 4. The Morgan fingerprint density at radius 1 is 0.480 bits per heavy atom. The van der Waals surface area contributed by atoms with Gasteiger partial charge in [0.25, 0.3) is 0 Å². The van der Waals surface area contributed by atoms with Crippen molar-refractivity contribution in [3.8, 4) is 22.9 Å². The summed E-state index contributed by atoms with van der Waals surface area (Å²) >= 11 is 1.79. The van der Waals surface area contributed by atoms with Gasteiger partial charge in [-0.25, -0.2) is 9.97 Å². The molecule has 1 aliphatic rings. The first-order chi connectivity index (χ1) is 24.8. The molecule has 5 nitrogen and oxygen atoms in total. The molecule has 7 aromatic carbocycles. The lowest BCUT2D eigenvalue weighted by atomic mass is 10.1. The van der Waals surface area contributed by atoms with E-state index < -0.39 is 0 Å². The minimum atomic E-state index is 0.628. The molecule has 0 aliphatic carbocycles. The fraction of sp³-hybridized carbons (Fsp3) is 0. The van der Waals surface area contributed by atoms with Crippen LogP contribution >= 0.6 is 11.8 Å². The second-order valence-corrected chi connectivity index (χ2v) is 14.0. The molecule has 50 heavy (non-hydrogen) atoms. The number of aromatic nitrogens is 4. The topological polar surface area (TPSA) is 48.8 Å².